The van der Waals surface area contributed by atoms with Gasteiger partial charge in [-0.15, -0.1) is 10.2 Å². The van der Waals surface area contributed by atoms with Gasteiger partial charge in [0.1, 0.15) is 0 Å². The van der Waals surface area contributed by atoms with Crippen molar-refractivity contribution in [3.63, 3.8) is 0 Å². The zero-order chi connectivity index (χ0) is 26.1. The van der Waals surface area contributed by atoms with Crippen molar-refractivity contribution in [2.75, 3.05) is 13.2 Å². The monoisotopic (exact) mass is 503 g/mol. The average Bonchev–Trinajstić information content (AvgIpc) is 3.47. The fourth-order valence-electron chi connectivity index (χ4n) is 5.24. The molecule has 1 aliphatic rings. The number of unbranched alkanes of at least 4 members (excludes halogenated alkanes) is 1. The summed E-state index contributed by atoms with van der Waals surface area (Å²) in [5.74, 6) is 0.489. The minimum absolute atomic E-state index is 0.0997. The second-order valence-electron chi connectivity index (χ2n) is 9.89. The summed E-state index contributed by atoms with van der Waals surface area (Å²) in [5.41, 5.74) is 3.35. The molecular formula is C29H37N5O3. The zero-order valence-electron chi connectivity index (χ0n) is 21.9. The van der Waals surface area contributed by atoms with E-state index in [-0.39, 0.29) is 11.9 Å². The van der Waals surface area contributed by atoms with Crippen LogP contribution in [0.5, 0.6) is 0 Å². The van der Waals surface area contributed by atoms with E-state index in [1.165, 1.54) is 0 Å². The number of carbonyl (C=O) groups excluding carboxylic acids is 2. The summed E-state index contributed by atoms with van der Waals surface area (Å²) < 4.78 is 5.51. The van der Waals surface area contributed by atoms with Gasteiger partial charge in [0.05, 0.1) is 12.0 Å². The molecule has 0 saturated heterocycles. The van der Waals surface area contributed by atoms with Crippen LogP contribution in [0.25, 0.3) is 22.5 Å². The number of carbonyl (C=O) groups is 2. The molecule has 0 spiro atoms. The van der Waals surface area contributed by atoms with Crippen molar-refractivity contribution in [1.82, 2.24) is 25.5 Å². The molecule has 8 heteroatoms. The SMILES string of the molecule is CCCCC(=O)N(Cc1ccc(-c2ccccc2-c2nn[nH]n2)cc1)CC1(C(=O)OCC)CCCCC1. The van der Waals surface area contributed by atoms with Crippen LogP contribution in [-0.2, 0) is 20.9 Å². The molecule has 0 radical (unpaired) electrons. The molecule has 1 aliphatic carbocycles. The molecule has 1 saturated carbocycles. The van der Waals surface area contributed by atoms with Gasteiger partial charge in [0, 0.05) is 25.1 Å². The van der Waals surface area contributed by atoms with Gasteiger partial charge in [-0.25, -0.2) is 0 Å². The van der Waals surface area contributed by atoms with Crippen LogP contribution < -0.4 is 0 Å². The second kappa shape index (κ2) is 12.6. The lowest BCUT2D eigenvalue weighted by Crippen LogP contribution is -2.47. The number of hydrogen-bond acceptors (Lipinski definition) is 6. The highest BCUT2D eigenvalue weighted by atomic mass is 16.5. The molecule has 1 amide bonds. The standard InChI is InChI=1S/C29H37N5O3/c1-3-5-13-26(35)34(21-29(28(36)37-4-2)18-9-6-10-19-29)20-22-14-16-23(17-15-22)24-11-7-8-12-25(24)27-30-32-33-31-27/h7-8,11-12,14-17H,3-6,9-10,13,18-21H2,1-2H3,(H,30,31,32,33). The van der Waals surface area contributed by atoms with Gasteiger partial charge in [-0.1, -0.05) is 81.1 Å². The van der Waals surface area contributed by atoms with Gasteiger partial charge in [-0.2, -0.15) is 5.21 Å². The van der Waals surface area contributed by atoms with E-state index in [2.05, 4.69) is 51.8 Å². The van der Waals surface area contributed by atoms with Crippen molar-refractivity contribution in [2.24, 2.45) is 5.41 Å². The van der Waals surface area contributed by atoms with E-state index in [0.29, 0.717) is 31.9 Å². The van der Waals surface area contributed by atoms with Crippen molar-refractivity contribution < 1.29 is 14.3 Å². The summed E-state index contributed by atoms with van der Waals surface area (Å²) in [6.07, 6.45) is 6.94. The van der Waals surface area contributed by atoms with Gasteiger partial charge >= 0.3 is 5.97 Å². The third kappa shape index (κ3) is 6.42. The van der Waals surface area contributed by atoms with Crippen molar-refractivity contribution in [1.29, 1.82) is 0 Å². The number of amides is 1. The number of ether oxygens (including phenoxy) is 1. The number of nitrogens with one attached hydrogen (secondary N) is 1. The maximum absolute atomic E-state index is 13.3. The summed E-state index contributed by atoms with van der Waals surface area (Å²) in [7, 11) is 0. The molecule has 1 fully saturated rings. The summed E-state index contributed by atoms with van der Waals surface area (Å²) in [4.78, 5) is 28.3. The van der Waals surface area contributed by atoms with Gasteiger partial charge in [0.25, 0.3) is 0 Å². The summed E-state index contributed by atoms with van der Waals surface area (Å²) in [5, 5.41) is 14.5. The smallest absolute Gasteiger partial charge is 0.313 e. The molecule has 3 aromatic rings. The number of rotatable bonds is 11. The fraction of sp³-hybridized carbons (Fsp3) is 0.483. The van der Waals surface area contributed by atoms with Crippen molar-refractivity contribution >= 4 is 11.9 Å². The Balaban J connectivity index is 1.57. The van der Waals surface area contributed by atoms with Crippen LogP contribution in [0.15, 0.2) is 48.5 Å². The highest BCUT2D eigenvalue weighted by Gasteiger charge is 2.43. The van der Waals surface area contributed by atoms with E-state index < -0.39 is 5.41 Å². The average molecular weight is 504 g/mol. The first-order chi connectivity index (χ1) is 18.1. The van der Waals surface area contributed by atoms with Gasteiger partial charge < -0.3 is 9.64 Å². The number of H-pyrrole nitrogens is 1. The van der Waals surface area contributed by atoms with Gasteiger partial charge in [0.15, 0.2) is 0 Å². The zero-order valence-corrected chi connectivity index (χ0v) is 21.9. The number of tetrazole rings is 1. The number of benzene rings is 2. The normalized spacial score (nSPS) is 14.8. The molecule has 8 nitrogen and oxygen atoms in total. The largest absolute Gasteiger partial charge is 0.466 e. The van der Waals surface area contributed by atoms with Crippen molar-refractivity contribution in [3.8, 4) is 22.5 Å². The van der Waals surface area contributed by atoms with Crippen LogP contribution in [0, 0.1) is 5.41 Å². The van der Waals surface area contributed by atoms with Gasteiger partial charge in [-0.3, -0.25) is 9.59 Å². The Morgan fingerprint density at radius 2 is 1.73 bits per heavy atom. The predicted octanol–water partition coefficient (Wildman–Crippen LogP) is 5.57. The Labute approximate surface area is 218 Å². The molecule has 0 atom stereocenters. The number of nitrogens with zero attached hydrogens (tertiary/aromatic N) is 4. The molecule has 37 heavy (non-hydrogen) atoms. The lowest BCUT2D eigenvalue weighted by atomic mass is 9.73. The van der Waals surface area contributed by atoms with Crippen LogP contribution in [0.1, 0.15) is 70.8 Å². The first-order valence-corrected chi connectivity index (χ1v) is 13.4. The van der Waals surface area contributed by atoms with Crippen LogP contribution >= 0.6 is 0 Å². The molecule has 4 rings (SSSR count). The van der Waals surface area contributed by atoms with E-state index in [9.17, 15) is 9.59 Å². The maximum Gasteiger partial charge on any atom is 0.313 e. The first kappa shape index (κ1) is 26.5. The van der Waals surface area contributed by atoms with Crippen LogP contribution in [-0.4, -0.2) is 50.6 Å². The molecule has 0 unspecified atom stereocenters. The molecule has 0 bridgehead atoms. The van der Waals surface area contributed by atoms with Crippen molar-refractivity contribution in [3.05, 3.63) is 54.1 Å². The van der Waals surface area contributed by atoms with E-state index in [1.807, 2.05) is 36.1 Å². The lowest BCUT2D eigenvalue weighted by molar-refractivity contribution is -0.160. The Hall–Kier alpha value is -3.55. The number of aromatic amines is 1. The van der Waals surface area contributed by atoms with E-state index in [4.69, 9.17) is 4.74 Å². The quantitative estimate of drug-likeness (QED) is 0.344. The third-order valence-electron chi connectivity index (χ3n) is 7.26. The Kier molecular flexibility index (Phi) is 9.04. The molecule has 1 aromatic heterocycles. The number of aromatic nitrogens is 4. The maximum atomic E-state index is 13.3. The molecule has 1 heterocycles. The molecule has 196 valence electrons. The fourth-order valence-corrected chi connectivity index (χ4v) is 5.24. The number of hydrogen-bond donors (Lipinski definition) is 1. The molecule has 0 aliphatic heterocycles. The molecule has 1 N–H and O–H groups in total. The van der Waals surface area contributed by atoms with E-state index >= 15 is 0 Å². The Bertz CT molecular complexity index is 1150. The lowest BCUT2D eigenvalue weighted by Gasteiger charge is -2.39. The highest BCUT2D eigenvalue weighted by Crippen LogP contribution is 2.39. The van der Waals surface area contributed by atoms with Crippen molar-refractivity contribution in [2.45, 2.75) is 71.8 Å². The summed E-state index contributed by atoms with van der Waals surface area (Å²) >= 11 is 0. The van der Waals surface area contributed by atoms with Gasteiger partial charge in [-0.05, 0) is 48.1 Å². The van der Waals surface area contributed by atoms with E-state index in [1.54, 1.807) is 0 Å². The Morgan fingerprint density at radius 1 is 1.00 bits per heavy atom. The summed E-state index contributed by atoms with van der Waals surface area (Å²) in [6.45, 7) is 5.17. The highest BCUT2D eigenvalue weighted by molar-refractivity contribution is 5.81. The van der Waals surface area contributed by atoms with Crippen LogP contribution in [0.3, 0.4) is 0 Å². The topological polar surface area (TPSA) is 101 Å². The van der Waals surface area contributed by atoms with E-state index in [0.717, 1.165) is 67.2 Å². The predicted molar refractivity (Wildman–Crippen MR) is 142 cm³/mol. The minimum Gasteiger partial charge on any atom is -0.466 e. The molecule has 2 aromatic carbocycles. The first-order valence-electron chi connectivity index (χ1n) is 13.4. The number of esters is 1. The minimum atomic E-state index is -0.611. The van der Waals surface area contributed by atoms with Gasteiger partial charge in [0.2, 0.25) is 11.7 Å². The Morgan fingerprint density at radius 3 is 2.38 bits per heavy atom. The molecular weight excluding hydrogens is 466 g/mol. The summed E-state index contributed by atoms with van der Waals surface area (Å²) in [6, 6.07) is 16.2. The van der Waals surface area contributed by atoms with Crippen LogP contribution in [0.2, 0.25) is 0 Å². The third-order valence-corrected chi connectivity index (χ3v) is 7.26. The van der Waals surface area contributed by atoms with Crippen LogP contribution in [0.4, 0.5) is 0 Å². The second-order valence-corrected chi connectivity index (χ2v) is 9.89.